The molecule has 3 atom stereocenters. The highest BCUT2D eigenvalue weighted by molar-refractivity contribution is 6.33. The summed E-state index contributed by atoms with van der Waals surface area (Å²) in [6, 6.07) is 9.55. The van der Waals surface area contributed by atoms with E-state index in [4.69, 9.17) is 11.6 Å². The average Bonchev–Trinajstić information content (AvgIpc) is 3.05. The number of carboxylic acids is 1. The van der Waals surface area contributed by atoms with Gasteiger partial charge < -0.3 is 10.4 Å². The average molecular weight is 344 g/mol. The zero-order valence-electron chi connectivity index (χ0n) is 12.7. The molecule has 2 aromatic rings. The number of anilines is 1. The monoisotopic (exact) mass is 343 g/mol. The first-order valence-corrected chi connectivity index (χ1v) is 8.19. The summed E-state index contributed by atoms with van der Waals surface area (Å²) in [6.07, 6.45) is 4.81. The summed E-state index contributed by atoms with van der Waals surface area (Å²) in [4.78, 5) is 11.6. The topological polar surface area (TPSA) is 49.3 Å². The van der Waals surface area contributed by atoms with Crippen molar-refractivity contribution in [3.05, 3.63) is 76.1 Å². The van der Waals surface area contributed by atoms with Gasteiger partial charge in [-0.1, -0.05) is 42.0 Å². The molecule has 2 N–H and O–H groups in total. The maximum absolute atomic E-state index is 14.3. The molecule has 0 aromatic heterocycles. The molecule has 24 heavy (non-hydrogen) atoms. The molecule has 1 heterocycles. The Kier molecular flexibility index (Phi) is 3.57. The van der Waals surface area contributed by atoms with Gasteiger partial charge in [-0.2, -0.15) is 0 Å². The molecule has 0 spiro atoms. The highest BCUT2D eigenvalue weighted by atomic mass is 35.5. The van der Waals surface area contributed by atoms with Crippen molar-refractivity contribution in [3.8, 4) is 0 Å². The molecule has 1 aliphatic carbocycles. The van der Waals surface area contributed by atoms with Crippen molar-refractivity contribution < 1.29 is 14.3 Å². The Balaban J connectivity index is 1.90. The van der Waals surface area contributed by atoms with E-state index in [9.17, 15) is 14.3 Å². The molecule has 0 saturated heterocycles. The number of fused-ring (bicyclic) bond motifs is 3. The maximum Gasteiger partial charge on any atom is 0.336 e. The number of hydrogen-bond donors (Lipinski definition) is 2. The van der Waals surface area contributed by atoms with Crippen LogP contribution in [-0.4, -0.2) is 11.1 Å². The Morgan fingerprint density at radius 2 is 2.04 bits per heavy atom. The Labute approximate surface area is 143 Å². The first kappa shape index (κ1) is 15.2. The number of carbonyl (C=O) groups is 1. The Morgan fingerprint density at radius 3 is 2.79 bits per heavy atom. The van der Waals surface area contributed by atoms with E-state index in [1.54, 1.807) is 18.2 Å². The Morgan fingerprint density at radius 1 is 1.25 bits per heavy atom. The van der Waals surface area contributed by atoms with Gasteiger partial charge in [-0.25, -0.2) is 9.18 Å². The third kappa shape index (κ3) is 2.21. The number of allylic oxidation sites excluding steroid dienone is 2. The quantitative estimate of drug-likeness (QED) is 0.754. The number of hydrogen-bond acceptors (Lipinski definition) is 2. The van der Waals surface area contributed by atoms with Gasteiger partial charge in [-0.15, -0.1) is 0 Å². The van der Waals surface area contributed by atoms with Crippen LogP contribution in [0.3, 0.4) is 0 Å². The van der Waals surface area contributed by atoms with E-state index >= 15 is 0 Å². The van der Waals surface area contributed by atoms with Crippen molar-refractivity contribution >= 4 is 23.3 Å². The minimum atomic E-state index is -0.979. The Hall–Kier alpha value is -2.33. The van der Waals surface area contributed by atoms with Gasteiger partial charge in [0, 0.05) is 11.5 Å². The molecule has 0 amide bonds. The van der Waals surface area contributed by atoms with Gasteiger partial charge in [0.25, 0.3) is 0 Å². The molecule has 1 aliphatic heterocycles. The number of carboxylic acid groups (broad SMARTS) is 1. The van der Waals surface area contributed by atoms with Crippen molar-refractivity contribution in [2.24, 2.45) is 5.92 Å². The van der Waals surface area contributed by atoms with Crippen molar-refractivity contribution in [3.63, 3.8) is 0 Å². The molecular formula is C19H15ClFNO2. The highest BCUT2D eigenvalue weighted by Crippen LogP contribution is 2.52. The van der Waals surface area contributed by atoms with E-state index in [1.165, 1.54) is 12.1 Å². The van der Waals surface area contributed by atoms with Crippen LogP contribution >= 0.6 is 11.6 Å². The van der Waals surface area contributed by atoms with Crippen LogP contribution in [0, 0.1) is 11.7 Å². The van der Waals surface area contributed by atoms with Crippen molar-refractivity contribution in [2.45, 2.75) is 18.4 Å². The molecule has 0 fully saturated rings. The van der Waals surface area contributed by atoms with Crippen LogP contribution in [0.2, 0.25) is 5.02 Å². The fourth-order valence-electron chi connectivity index (χ4n) is 3.90. The first-order valence-electron chi connectivity index (χ1n) is 7.81. The fourth-order valence-corrected chi connectivity index (χ4v) is 4.12. The molecule has 4 rings (SSSR count). The van der Waals surface area contributed by atoms with E-state index in [0.717, 1.165) is 6.42 Å². The van der Waals surface area contributed by atoms with Crippen molar-refractivity contribution in [1.29, 1.82) is 0 Å². The summed E-state index contributed by atoms with van der Waals surface area (Å²) in [5.41, 5.74) is 2.12. The minimum Gasteiger partial charge on any atom is -0.478 e. The van der Waals surface area contributed by atoms with Crippen LogP contribution in [0.5, 0.6) is 0 Å². The maximum atomic E-state index is 14.3. The van der Waals surface area contributed by atoms with Gasteiger partial charge in [0.1, 0.15) is 5.82 Å². The SMILES string of the molecule is O=C(O)c1ccc(Cl)c2c1[C@@H]1C=CC[C@@H]1[C@H](c1ccccc1F)N2. The second-order valence-corrected chi connectivity index (χ2v) is 6.59. The van der Waals surface area contributed by atoms with Crippen molar-refractivity contribution in [2.75, 3.05) is 5.32 Å². The smallest absolute Gasteiger partial charge is 0.336 e. The molecule has 2 aliphatic rings. The number of halogens is 2. The molecule has 3 nitrogen and oxygen atoms in total. The van der Waals surface area contributed by atoms with Crippen LogP contribution in [-0.2, 0) is 0 Å². The minimum absolute atomic E-state index is 0.0611. The van der Waals surface area contributed by atoms with Crippen LogP contribution in [0.1, 0.15) is 39.9 Å². The summed E-state index contributed by atoms with van der Waals surface area (Å²) >= 11 is 6.33. The summed E-state index contributed by atoms with van der Waals surface area (Å²) in [6.45, 7) is 0. The summed E-state index contributed by atoms with van der Waals surface area (Å²) < 4.78 is 14.3. The summed E-state index contributed by atoms with van der Waals surface area (Å²) in [5, 5.41) is 13.3. The van der Waals surface area contributed by atoms with Crippen molar-refractivity contribution in [1.82, 2.24) is 0 Å². The van der Waals surface area contributed by atoms with Gasteiger partial charge in [-0.05, 0) is 36.1 Å². The normalized spacial score (nSPS) is 24.2. The molecule has 5 heteroatoms. The molecule has 0 saturated carbocycles. The van der Waals surface area contributed by atoms with Crippen LogP contribution in [0.25, 0.3) is 0 Å². The second kappa shape index (κ2) is 5.64. The van der Waals surface area contributed by atoms with E-state index in [2.05, 4.69) is 5.32 Å². The van der Waals surface area contributed by atoms with Crippen LogP contribution in [0.4, 0.5) is 10.1 Å². The summed E-state index contributed by atoms with van der Waals surface area (Å²) in [5.74, 6) is -1.27. The standard InChI is InChI=1S/C19H15ClFNO2/c20-14-9-8-13(19(23)24)16-10-5-3-6-11(10)17(22-18(14)16)12-4-1-2-7-15(12)21/h1-5,7-11,17,22H,6H2,(H,23,24)/t10-,11+,17-/m1/s1. The lowest BCUT2D eigenvalue weighted by Crippen LogP contribution is -2.31. The van der Waals surface area contributed by atoms with Gasteiger partial charge >= 0.3 is 5.97 Å². The molecular weight excluding hydrogens is 329 g/mol. The second-order valence-electron chi connectivity index (χ2n) is 6.19. The lowest BCUT2D eigenvalue weighted by Gasteiger charge is -2.38. The zero-order valence-corrected chi connectivity index (χ0v) is 13.4. The Bertz CT molecular complexity index is 864. The lowest BCUT2D eigenvalue weighted by molar-refractivity contribution is 0.0695. The molecule has 2 aromatic carbocycles. The van der Waals surface area contributed by atoms with Gasteiger partial charge in [0.2, 0.25) is 0 Å². The van der Waals surface area contributed by atoms with E-state index < -0.39 is 5.97 Å². The predicted molar refractivity (Wildman–Crippen MR) is 91.2 cm³/mol. The van der Waals surface area contributed by atoms with Gasteiger partial charge in [-0.3, -0.25) is 0 Å². The fraction of sp³-hybridized carbons (Fsp3) is 0.211. The molecule has 122 valence electrons. The number of benzene rings is 2. The van der Waals surface area contributed by atoms with E-state index in [0.29, 0.717) is 21.8 Å². The molecule has 0 bridgehead atoms. The van der Waals surface area contributed by atoms with Gasteiger partial charge in [0.15, 0.2) is 0 Å². The zero-order chi connectivity index (χ0) is 16.8. The van der Waals surface area contributed by atoms with Crippen LogP contribution in [0.15, 0.2) is 48.6 Å². The largest absolute Gasteiger partial charge is 0.478 e. The molecule has 0 unspecified atom stereocenters. The van der Waals surface area contributed by atoms with E-state index in [1.807, 2.05) is 18.2 Å². The predicted octanol–water partition coefficient (Wildman–Crippen LogP) is 5.00. The number of aromatic carboxylic acids is 1. The third-order valence-electron chi connectivity index (χ3n) is 4.94. The first-order chi connectivity index (χ1) is 11.6. The van der Waals surface area contributed by atoms with E-state index in [-0.39, 0.29) is 29.3 Å². The van der Waals surface area contributed by atoms with Crippen LogP contribution < -0.4 is 5.32 Å². The number of nitrogens with one attached hydrogen (secondary N) is 1. The number of rotatable bonds is 2. The molecule has 0 radical (unpaired) electrons. The third-order valence-corrected chi connectivity index (χ3v) is 5.25. The lowest BCUT2D eigenvalue weighted by atomic mass is 9.75. The van der Waals surface area contributed by atoms with Gasteiger partial charge in [0.05, 0.1) is 22.3 Å². The summed E-state index contributed by atoms with van der Waals surface area (Å²) in [7, 11) is 0. The highest BCUT2D eigenvalue weighted by Gasteiger charge is 2.41.